The van der Waals surface area contributed by atoms with E-state index in [0.29, 0.717) is 5.25 Å². The number of rotatable bonds is 3. The highest BCUT2D eigenvalue weighted by atomic mass is 32.2. The first-order valence-corrected chi connectivity index (χ1v) is 7.60. The summed E-state index contributed by atoms with van der Waals surface area (Å²) in [6, 6.07) is 1.89. The van der Waals surface area contributed by atoms with Crippen molar-refractivity contribution in [3.8, 4) is 0 Å². The molecule has 0 amide bonds. The Morgan fingerprint density at radius 3 is 3.00 bits per heavy atom. The van der Waals surface area contributed by atoms with E-state index < -0.39 is 0 Å². The molecule has 1 aromatic rings. The fraction of sp³-hybridized carbons (Fsp3) is 0.571. The second-order valence-corrected chi connectivity index (χ2v) is 6.59. The summed E-state index contributed by atoms with van der Waals surface area (Å²) in [5.41, 5.74) is 7.54. The first kappa shape index (κ1) is 14.2. The summed E-state index contributed by atoms with van der Waals surface area (Å²) >= 11 is 1.77. The molecule has 1 aliphatic carbocycles. The predicted molar refractivity (Wildman–Crippen MR) is 78.8 cm³/mol. The number of pyridine rings is 1. The van der Waals surface area contributed by atoms with Gasteiger partial charge in [0.1, 0.15) is 5.03 Å². The van der Waals surface area contributed by atoms with Crippen LogP contribution in [0.2, 0.25) is 0 Å². The van der Waals surface area contributed by atoms with Gasteiger partial charge in [-0.25, -0.2) is 4.98 Å². The van der Waals surface area contributed by atoms with E-state index in [0.717, 1.165) is 22.1 Å². The fourth-order valence-corrected chi connectivity index (χ4v) is 4.16. The molecule has 19 heavy (non-hydrogen) atoms. The van der Waals surface area contributed by atoms with E-state index in [2.05, 4.69) is 17.1 Å². The van der Waals surface area contributed by atoms with Crippen molar-refractivity contribution in [3.63, 3.8) is 0 Å². The minimum atomic E-state index is 0.150. The largest absolute Gasteiger partial charge is 0.409 e. The Kier molecular flexibility index (Phi) is 4.69. The molecule has 2 unspecified atom stereocenters. The first-order chi connectivity index (χ1) is 9.11. The van der Waals surface area contributed by atoms with Crippen molar-refractivity contribution < 1.29 is 5.21 Å². The first-order valence-electron chi connectivity index (χ1n) is 6.72. The van der Waals surface area contributed by atoms with Gasteiger partial charge < -0.3 is 10.9 Å². The van der Waals surface area contributed by atoms with Crippen LogP contribution in [0.25, 0.3) is 0 Å². The fourth-order valence-electron chi connectivity index (χ4n) is 2.63. The lowest BCUT2D eigenvalue weighted by molar-refractivity contribution is 0.318. The maximum Gasteiger partial charge on any atom is 0.173 e. The van der Waals surface area contributed by atoms with Gasteiger partial charge in [0.2, 0.25) is 0 Å². The Morgan fingerprint density at radius 1 is 1.53 bits per heavy atom. The number of nitrogens with two attached hydrogens (primary N) is 1. The molecule has 0 aromatic carbocycles. The molecule has 104 valence electrons. The summed E-state index contributed by atoms with van der Waals surface area (Å²) in [6.07, 6.45) is 6.84. The monoisotopic (exact) mass is 279 g/mol. The van der Waals surface area contributed by atoms with Gasteiger partial charge in [0, 0.05) is 11.4 Å². The third-order valence-electron chi connectivity index (χ3n) is 3.65. The van der Waals surface area contributed by atoms with Crippen molar-refractivity contribution in [2.45, 2.75) is 49.8 Å². The lowest BCUT2D eigenvalue weighted by Crippen LogP contribution is -2.19. The molecule has 1 aromatic heterocycles. The second-order valence-electron chi connectivity index (χ2n) is 5.30. The number of amidine groups is 1. The molecule has 3 N–H and O–H groups in total. The minimum Gasteiger partial charge on any atom is -0.409 e. The van der Waals surface area contributed by atoms with Gasteiger partial charge in [-0.3, -0.25) is 0 Å². The molecule has 0 spiro atoms. The normalized spacial score (nSPS) is 24.4. The molecule has 1 heterocycles. The third-order valence-corrected chi connectivity index (χ3v) is 4.95. The molecule has 1 aliphatic rings. The average Bonchev–Trinajstić information content (AvgIpc) is 2.38. The van der Waals surface area contributed by atoms with E-state index in [1.807, 2.05) is 13.0 Å². The van der Waals surface area contributed by atoms with Gasteiger partial charge in [0.25, 0.3) is 0 Å². The van der Waals surface area contributed by atoms with Crippen LogP contribution < -0.4 is 5.73 Å². The van der Waals surface area contributed by atoms with Crippen LogP contribution in [0.15, 0.2) is 22.4 Å². The van der Waals surface area contributed by atoms with Crippen molar-refractivity contribution in [1.82, 2.24) is 4.98 Å². The van der Waals surface area contributed by atoms with Crippen LogP contribution in [0.1, 0.15) is 43.7 Å². The molecule has 0 aliphatic heterocycles. The van der Waals surface area contributed by atoms with E-state index in [-0.39, 0.29) is 5.84 Å². The molecule has 1 saturated carbocycles. The Labute approximate surface area is 118 Å². The summed E-state index contributed by atoms with van der Waals surface area (Å²) in [6.45, 7) is 4.27. The molecule has 2 rings (SSSR count). The average molecular weight is 279 g/mol. The van der Waals surface area contributed by atoms with E-state index in [9.17, 15) is 0 Å². The van der Waals surface area contributed by atoms with Crippen LogP contribution in [-0.4, -0.2) is 21.3 Å². The summed E-state index contributed by atoms with van der Waals surface area (Å²) in [5, 5.41) is 13.5. The molecule has 5 heteroatoms. The number of nitrogens with zero attached hydrogens (tertiary/aromatic N) is 2. The maximum atomic E-state index is 8.91. The van der Waals surface area contributed by atoms with Gasteiger partial charge in [-0.1, -0.05) is 24.9 Å². The van der Waals surface area contributed by atoms with Crippen molar-refractivity contribution in [2.75, 3.05) is 0 Å². The molecule has 4 nitrogen and oxygen atoms in total. The van der Waals surface area contributed by atoms with Gasteiger partial charge in [0.15, 0.2) is 5.84 Å². The van der Waals surface area contributed by atoms with Gasteiger partial charge in [-0.15, -0.1) is 11.8 Å². The Hall–Kier alpha value is -1.23. The molecule has 1 fully saturated rings. The second kappa shape index (κ2) is 6.28. The number of thioether (sulfide) groups is 1. The Bertz CT molecular complexity index is 476. The zero-order valence-corrected chi connectivity index (χ0v) is 12.3. The number of aromatic nitrogens is 1. The number of hydrogen-bond donors (Lipinski definition) is 2. The molecule has 0 bridgehead atoms. The van der Waals surface area contributed by atoms with Crippen LogP contribution in [0, 0.1) is 12.8 Å². The summed E-state index contributed by atoms with van der Waals surface area (Å²) < 4.78 is 0. The number of aryl methyl sites for hydroxylation is 1. The maximum absolute atomic E-state index is 8.91. The summed E-state index contributed by atoms with van der Waals surface area (Å²) in [5.74, 6) is 0.931. The van der Waals surface area contributed by atoms with Crippen LogP contribution in [0.3, 0.4) is 0 Å². The van der Waals surface area contributed by atoms with E-state index in [1.165, 1.54) is 25.7 Å². The molecule has 2 atom stereocenters. The summed E-state index contributed by atoms with van der Waals surface area (Å²) in [4.78, 5) is 4.42. The lowest BCUT2D eigenvalue weighted by Gasteiger charge is -2.26. The molecule has 0 radical (unpaired) electrons. The lowest BCUT2D eigenvalue weighted by atomic mass is 9.91. The molecular formula is C14H21N3OS. The molecule has 0 saturated heterocycles. The van der Waals surface area contributed by atoms with Crippen LogP contribution in [0.5, 0.6) is 0 Å². The topological polar surface area (TPSA) is 71.5 Å². The van der Waals surface area contributed by atoms with Crippen LogP contribution in [-0.2, 0) is 0 Å². The third kappa shape index (κ3) is 3.41. The Balaban J connectivity index is 2.22. The minimum absolute atomic E-state index is 0.150. The van der Waals surface area contributed by atoms with Gasteiger partial charge in [0.05, 0.1) is 5.56 Å². The smallest absolute Gasteiger partial charge is 0.173 e. The van der Waals surface area contributed by atoms with Gasteiger partial charge in [-0.2, -0.15) is 0 Å². The van der Waals surface area contributed by atoms with E-state index in [4.69, 9.17) is 10.9 Å². The van der Waals surface area contributed by atoms with Crippen molar-refractivity contribution >= 4 is 17.6 Å². The Morgan fingerprint density at radius 2 is 2.32 bits per heavy atom. The van der Waals surface area contributed by atoms with Crippen LogP contribution in [0.4, 0.5) is 0 Å². The zero-order chi connectivity index (χ0) is 13.8. The quantitative estimate of drug-likeness (QED) is 0.386. The number of hydrogen-bond acceptors (Lipinski definition) is 4. The van der Waals surface area contributed by atoms with Gasteiger partial charge in [-0.05, 0) is 37.3 Å². The number of oxime groups is 1. The molecular weight excluding hydrogens is 258 g/mol. The predicted octanol–water partition coefficient (Wildman–Crippen LogP) is 3.16. The van der Waals surface area contributed by atoms with Crippen molar-refractivity contribution in [2.24, 2.45) is 16.8 Å². The highest BCUT2D eigenvalue weighted by molar-refractivity contribution is 7.99. The van der Waals surface area contributed by atoms with Crippen molar-refractivity contribution in [1.29, 1.82) is 0 Å². The van der Waals surface area contributed by atoms with Gasteiger partial charge >= 0.3 is 0 Å². The highest BCUT2D eigenvalue weighted by Gasteiger charge is 2.22. The highest BCUT2D eigenvalue weighted by Crippen LogP contribution is 2.36. The van der Waals surface area contributed by atoms with Crippen LogP contribution >= 0.6 is 11.8 Å². The van der Waals surface area contributed by atoms with E-state index in [1.54, 1.807) is 18.0 Å². The zero-order valence-electron chi connectivity index (χ0n) is 11.5. The van der Waals surface area contributed by atoms with E-state index >= 15 is 0 Å². The standard InChI is InChI=1S/C14H21N3OS/c1-9-4-3-5-11(8-9)19-14-12(13(15)17-18)10(2)6-7-16-14/h6-7,9,11,18H,3-5,8H2,1-2H3,(H2,15,17). The van der Waals surface area contributed by atoms with Crippen molar-refractivity contribution in [3.05, 3.63) is 23.4 Å². The SMILES string of the molecule is Cc1ccnc(SC2CCCC(C)C2)c1/C(N)=N/O. The summed E-state index contributed by atoms with van der Waals surface area (Å²) in [7, 11) is 0.